The van der Waals surface area contributed by atoms with Gasteiger partial charge in [-0.25, -0.2) is 14.2 Å². The second kappa shape index (κ2) is 7.38. The minimum Gasteiger partial charge on any atom is -0.449 e. The standard InChI is InChI=1S/C19H20FN3O4/c20-14-3-1-12(2-4-14)16-9-21-17(27-16)5-6-18(24)23-8-7-15-13(10-23)11-26-19(25)22-15/h1-4,9,13,15H,5-8,10-11H2,(H,22,25)/t13-,15+/m1/s1. The minimum absolute atomic E-state index is 0.0342. The number of carbonyl (C=O) groups excluding carboxylic acids is 2. The van der Waals surface area contributed by atoms with E-state index in [0.717, 1.165) is 12.0 Å². The van der Waals surface area contributed by atoms with Crippen LogP contribution in [-0.4, -0.2) is 47.6 Å². The van der Waals surface area contributed by atoms with E-state index in [1.165, 1.54) is 12.1 Å². The molecule has 2 fully saturated rings. The van der Waals surface area contributed by atoms with Gasteiger partial charge in [-0.1, -0.05) is 0 Å². The van der Waals surface area contributed by atoms with E-state index in [1.54, 1.807) is 18.3 Å². The summed E-state index contributed by atoms with van der Waals surface area (Å²) in [5, 5.41) is 2.81. The van der Waals surface area contributed by atoms with Crippen molar-refractivity contribution in [3.63, 3.8) is 0 Å². The Hall–Kier alpha value is -2.90. The van der Waals surface area contributed by atoms with Crippen LogP contribution in [0.25, 0.3) is 11.3 Å². The Morgan fingerprint density at radius 2 is 2.15 bits per heavy atom. The maximum Gasteiger partial charge on any atom is 0.407 e. The number of likely N-dealkylation sites (tertiary alicyclic amines) is 1. The summed E-state index contributed by atoms with van der Waals surface area (Å²) in [6.07, 6.45) is 2.64. The zero-order valence-corrected chi connectivity index (χ0v) is 14.7. The molecular weight excluding hydrogens is 353 g/mol. The lowest BCUT2D eigenvalue weighted by atomic mass is 9.91. The number of piperidine rings is 1. The summed E-state index contributed by atoms with van der Waals surface area (Å²) in [5.74, 6) is 0.883. The molecule has 1 N–H and O–H groups in total. The molecule has 2 atom stereocenters. The van der Waals surface area contributed by atoms with Gasteiger partial charge in [0.15, 0.2) is 11.7 Å². The lowest BCUT2D eigenvalue weighted by Crippen LogP contribution is -2.57. The second-order valence-electron chi connectivity index (χ2n) is 6.86. The Kier molecular flexibility index (Phi) is 4.79. The van der Waals surface area contributed by atoms with Crippen molar-refractivity contribution >= 4 is 12.0 Å². The maximum absolute atomic E-state index is 13.0. The lowest BCUT2D eigenvalue weighted by Gasteiger charge is -2.40. The quantitative estimate of drug-likeness (QED) is 0.889. The Labute approximate surface area is 155 Å². The van der Waals surface area contributed by atoms with E-state index in [1.807, 2.05) is 4.90 Å². The SMILES string of the molecule is O=C1N[C@H]2CCN(C(=O)CCc3ncc(-c4ccc(F)cc4)o3)C[C@@H]2CO1. The number of ether oxygens (including phenoxy) is 1. The molecule has 3 heterocycles. The van der Waals surface area contributed by atoms with E-state index in [-0.39, 0.29) is 29.8 Å². The zero-order chi connectivity index (χ0) is 18.8. The van der Waals surface area contributed by atoms with Crippen LogP contribution in [0.15, 0.2) is 34.9 Å². The molecule has 1 aromatic heterocycles. The molecular formula is C19H20FN3O4. The Balaban J connectivity index is 1.31. The van der Waals surface area contributed by atoms with Gasteiger partial charge in [0, 0.05) is 43.5 Å². The largest absolute Gasteiger partial charge is 0.449 e. The average Bonchev–Trinajstić information content (AvgIpc) is 3.15. The normalized spacial score (nSPS) is 22.0. The number of carbonyl (C=O) groups is 2. The number of fused-ring (bicyclic) bond motifs is 1. The van der Waals surface area contributed by atoms with Gasteiger partial charge in [-0.3, -0.25) is 4.79 Å². The van der Waals surface area contributed by atoms with Crippen LogP contribution in [0, 0.1) is 11.7 Å². The molecule has 142 valence electrons. The number of hydrogen-bond acceptors (Lipinski definition) is 5. The first kappa shape index (κ1) is 17.5. The third kappa shape index (κ3) is 3.94. The van der Waals surface area contributed by atoms with Crippen molar-refractivity contribution < 1.29 is 23.1 Å². The number of aryl methyl sites for hydroxylation is 1. The van der Waals surface area contributed by atoms with Gasteiger partial charge < -0.3 is 19.4 Å². The van der Waals surface area contributed by atoms with Crippen LogP contribution in [0.3, 0.4) is 0 Å². The van der Waals surface area contributed by atoms with Crippen LogP contribution in [0.5, 0.6) is 0 Å². The lowest BCUT2D eigenvalue weighted by molar-refractivity contribution is -0.134. The molecule has 2 aliphatic rings. The molecule has 0 bridgehead atoms. The molecule has 0 saturated carbocycles. The molecule has 0 spiro atoms. The summed E-state index contributed by atoms with van der Waals surface area (Å²) in [5.41, 5.74) is 0.739. The first-order valence-corrected chi connectivity index (χ1v) is 9.00. The van der Waals surface area contributed by atoms with Crippen molar-refractivity contribution in [1.82, 2.24) is 15.2 Å². The maximum atomic E-state index is 13.0. The van der Waals surface area contributed by atoms with Crippen LogP contribution in [-0.2, 0) is 16.0 Å². The molecule has 0 unspecified atom stereocenters. The highest BCUT2D eigenvalue weighted by atomic mass is 19.1. The van der Waals surface area contributed by atoms with Crippen molar-refractivity contribution in [2.24, 2.45) is 5.92 Å². The van der Waals surface area contributed by atoms with E-state index >= 15 is 0 Å². The molecule has 4 rings (SSSR count). The van der Waals surface area contributed by atoms with Crippen molar-refractivity contribution in [1.29, 1.82) is 0 Å². The first-order chi connectivity index (χ1) is 13.1. The van der Waals surface area contributed by atoms with E-state index in [4.69, 9.17) is 9.15 Å². The molecule has 27 heavy (non-hydrogen) atoms. The van der Waals surface area contributed by atoms with Crippen LogP contribution in [0.1, 0.15) is 18.7 Å². The third-order valence-electron chi connectivity index (χ3n) is 5.05. The van der Waals surface area contributed by atoms with Crippen molar-refractivity contribution in [2.45, 2.75) is 25.3 Å². The van der Waals surface area contributed by atoms with Crippen LogP contribution >= 0.6 is 0 Å². The summed E-state index contributed by atoms with van der Waals surface area (Å²) in [4.78, 5) is 29.8. The Morgan fingerprint density at radius 1 is 1.33 bits per heavy atom. The van der Waals surface area contributed by atoms with Crippen molar-refractivity contribution in [3.8, 4) is 11.3 Å². The van der Waals surface area contributed by atoms with Crippen LogP contribution in [0.4, 0.5) is 9.18 Å². The molecule has 0 aliphatic carbocycles. The Bertz CT molecular complexity index is 836. The van der Waals surface area contributed by atoms with Gasteiger partial charge in [0.05, 0.1) is 12.8 Å². The smallest absolute Gasteiger partial charge is 0.407 e. The predicted octanol–water partition coefficient (Wildman–Crippen LogP) is 2.37. The zero-order valence-electron chi connectivity index (χ0n) is 14.7. The summed E-state index contributed by atoms with van der Waals surface area (Å²) < 4.78 is 23.7. The van der Waals surface area contributed by atoms with Gasteiger partial charge in [-0.15, -0.1) is 0 Å². The van der Waals surface area contributed by atoms with Crippen LogP contribution < -0.4 is 5.32 Å². The fourth-order valence-corrected chi connectivity index (χ4v) is 3.54. The molecule has 2 aliphatic heterocycles. The van der Waals surface area contributed by atoms with Gasteiger partial charge in [0.25, 0.3) is 0 Å². The molecule has 2 saturated heterocycles. The monoisotopic (exact) mass is 373 g/mol. The number of benzene rings is 1. The highest BCUT2D eigenvalue weighted by Crippen LogP contribution is 2.23. The minimum atomic E-state index is -0.378. The predicted molar refractivity (Wildman–Crippen MR) is 93.2 cm³/mol. The summed E-state index contributed by atoms with van der Waals surface area (Å²) in [7, 11) is 0. The summed E-state index contributed by atoms with van der Waals surface area (Å²) in [6, 6.07) is 6.06. The van der Waals surface area contributed by atoms with Gasteiger partial charge in [0.2, 0.25) is 5.91 Å². The number of alkyl carbamates (subject to hydrolysis) is 1. The molecule has 1 aromatic carbocycles. The fourth-order valence-electron chi connectivity index (χ4n) is 3.54. The van der Waals surface area contributed by atoms with Gasteiger partial charge in [0.1, 0.15) is 5.82 Å². The number of aromatic nitrogens is 1. The fraction of sp³-hybridized carbons (Fsp3) is 0.421. The number of oxazole rings is 1. The van der Waals surface area contributed by atoms with Crippen molar-refractivity contribution in [3.05, 3.63) is 42.2 Å². The molecule has 7 nitrogen and oxygen atoms in total. The molecule has 2 aromatic rings. The summed E-state index contributed by atoms with van der Waals surface area (Å²) >= 11 is 0. The second-order valence-corrected chi connectivity index (χ2v) is 6.86. The number of nitrogens with zero attached hydrogens (tertiary/aromatic N) is 2. The van der Waals surface area contributed by atoms with Gasteiger partial charge in [-0.05, 0) is 30.7 Å². The van der Waals surface area contributed by atoms with E-state index in [0.29, 0.717) is 44.2 Å². The van der Waals surface area contributed by atoms with Gasteiger partial charge >= 0.3 is 6.09 Å². The van der Waals surface area contributed by atoms with E-state index < -0.39 is 0 Å². The molecule has 0 radical (unpaired) electrons. The van der Waals surface area contributed by atoms with E-state index in [2.05, 4.69) is 10.3 Å². The first-order valence-electron chi connectivity index (χ1n) is 9.00. The average molecular weight is 373 g/mol. The third-order valence-corrected chi connectivity index (χ3v) is 5.05. The number of halogens is 1. The number of hydrogen-bond donors (Lipinski definition) is 1. The number of amides is 2. The Morgan fingerprint density at radius 3 is 2.96 bits per heavy atom. The van der Waals surface area contributed by atoms with E-state index in [9.17, 15) is 14.0 Å². The van der Waals surface area contributed by atoms with Crippen LogP contribution in [0.2, 0.25) is 0 Å². The molecule has 2 amide bonds. The number of rotatable bonds is 4. The topological polar surface area (TPSA) is 84.7 Å². The summed E-state index contributed by atoms with van der Waals surface area (Å²) in [6.45, 7) is 1.55. The number of cyclic esters (lactones) is 1. The highest BCUT2D eigenvalue weighted by molar-refractivity contribution is 5.76. The highest BCUT2D eigenvalue weighted by Gasteiger charge is 2.36. The number of nitrogens with one attached hydrogen (secondary N) is 1. The molecule has 8 heteroatoms. The van der Waals surface area contributed by atoms with Gasteiger partial charge in [-0.2, -0.15) is 0 Å². The van der Waals surface area contributed by atoms with Crippen molar-refractivity contribution in [2.75, 3.05) is 19.7 Å².